The van der Waals surface area contributed by atoms with E-state index in [4.69, 9.17) is 9.84 Å². The van der Waals surface area contributed by atoms with E-state index in [0.29, 0.717) is 11.8 Å². The molecule has 0 saturated carbocycles. The van der Waals surface area contributed by atoms with E-state index >= 15 is 0 Å². The largest absolute Gasteiger partial charge is 0.496 e. The lowest BCUT2D eigenvalue weighted by Crippen LogP contribution is -2.26. The molecule has 1 heterocycles. The van der Waals surface area contributed by atoms with Crippen molar-refractivity contribution in [3.63, 3.8) is 0 Å². The molecule has 0 bridgehead atoms. The smallest absolute Gasteiger partial charge is 0.328 e. The van der Waals surface area contributed by atoms with Crippen LogP contribution >= 0.6 is 0 Å². The van der Waals surface area contributed by atoms with Gasteiger partial charge in [0.05, 0.1) is 7.11 Å². The van der Waals surface area contributed by atoms with Crippen LogP contribution in [0.4, 0.5) is 0 Å². The van der Waals surface area contributed by atoms with Crippen LogP contribution in [-0.2, 0) is 11.3 Å². The van der Waals surface area contributed by atoms with Gasteiger partial charge in [0.2, 0.25) is 0 Å². The summed E-state index contributed by atoms with van der Waals surface area (Å²) in [4.78, 5) is 13.1. The first-order chi connectivity index (χ1) is 9.60. The molecule has 0 amide bonds. The number of methoxy groups -OCH3 is 1. The van der Waals surface area contributed by atoms with Crippen molar-refractivity contribution in [3.05, 3.63) is 35.4 Å². The Bertz CT molecular complexity index is 510. The van der Waals surface area contributed by atoms with Gasteiger partial charge < -0.3 is 9.84 Å². The van der Waals surface area contributed by atoms with E-state index in [2.05, 4.69) is 11.8 Å². The molecular weight excluding hydrogens is 254 g/mol. The number of hydrogen-bond acceptors (Lipinski definition) is 3. The Hall–Kier alpha value is -1.81. The maximum atomic E-state index is 10.6. The molecule has 1 atom stereocenters. The third kappa shape index (κ3) is 3.61. The van der Waals surface area contributed by atoms with E-state index in [-0.39, 0.29) is 0 Å². The fourth-order valence-corrected chi connectivity index (χ4v) is 2.64. The number of benzene rings is 1. The van der Waals surface area contributed by atoms with Crippen molar-refractivity contribution in [2.45, 2.75) is 32.4 Å². The number of carboxylic acid groups (broad SMARTS) is 1. The van der Waals surface area contributed by atoms with Crippen LogP contribution in [0.1, 0.15) is 30.9 Å². The monoisotopic (exact) mass is 275 g/mol. The number of aliphatic carboxylic acids is 1. The van der Waals surface area contributed by atoms with Crippen molar-refractivity contribution in [1.29, 1.82) is 0 Å². The maximum Gasteiger partial charge on any atom is 0.328 e. The number of hydrogen-bond donors (Lipinski definition) is 1. The second-order valence-corrected chi connectivity index (χ2v) is 5.21. The van der Waals surface area contributed by atoms with E-state index in [1.807, 2.05) is 18.2 Å². The molecule has 1 aliphatic rings. The summed E-state index contributed by atoms with van der Waals surface area (Å²) in [6.45, 7) is 4.29. The summed E-state index contributed by atoms with van der Waals surface area (Å²) < 4.78 is 5.27. The average molecular weight is 275 g/mol. The Morgan fingerprint density at radius 3 is 2.95 bits per heavy atom. The Morgan fingerprint density at radius 2 is 2.35 bits per heavy atom. The van der Waals surface area contributed by atoms with Gasteiger partial charge in [-0.1, -0.05) is 6.07 Å². The first-order valence-corrected chi connectivity index (χ1v) is 6.92. The second kappa shape index (κ2) is 6.57. The standard InChI is InChI=1S/C16H21NO3/c1-12-4-3-9-17(12)11-13-5-7-15(20-2)14(10-13)6-8-16(18)19/h5-8,10,12H,3-4,9,11H2,1-2H3,(H,18,19). The predicted molar refractivity (Wildman–Crippen MR) is 78.8 cm³/mol. The Balaban J connectivity index is 2.18. The third-order valence-corrected chi connectivity index (χ3v) is 3.78. The molecule has 4 nitrogen and oxygen atoms in total. The van der Waals surface area contributed by atoms with E-state index < -0.39 is 5.97 Å². The van der Waals surface area contributed by atoms with Gasteiger partial charge in [0.25, 0.3) is 0 Å². The van der Waals surface area contributed by atoms with Crippen LogP contribution in [0.3, 0.4) is 0 Å². The molecule has 4 heteroatoms. The molecule has 0 spiro atoms. The van der Waals surface area contributed by atoms with Crippen LogP contribution in [-0.4, -0.2) is 35.7 Å². The van der Waals surface area contributed by atoms with E-state index in [1.54, 1.807) is 13.2 Å². The van der Waals surface area contributed by atoms with Crippen LogP contribution in [0.25, 0.3) is 6.08 Å². The second-order valence-electron chi connectivity index (χ2n) is 5.21. The Labute approximate surface area is 119 Å². The van der Waals surface area contributed by atoms with Crippen molar-refractivity contribution in [3.8, 4) is 5.75 Å². The van der Waals surface area contributed by atoms with Crippen LogP contribution in [0.15, 0.2) is 24.3 Å². The lowest BCUT2D eigenvalue weighted by Gasteiger charge is -2.21. The molecule has 1 aromatic carbocycles. The van der Waals surface area contributed by atoms with Crippen molar-refractivity contribution < 1.29 is 14.6 Å². The minimum atomic E-state index is -0.953. The number of rotatable bonds is 5. The zero-order valence-corrected chi connectivity index (χ0v) is 12.0. The Kier molecular flexibility index (Phi) is 4.79. The number of ether oxygens (including phenoxy) is 1. The highest BCUT2D eigenvalue weighted by atomic mass is 16.5. The van der Waals surface area contributed by atoms with Crippen LogP contribution in [0.2, 0.25) is 0 Å². The zero-order valence-electron chi connectivity index (χ0n) is 12.0. The normalized spacial score (nSPS) is 19.6. The van der Waals surface area contributed by atoms with Crippen LogP contribution in [0, 0.1) is 0 Å². The summed E-state index contributed by atoms with van der Waals surface area (Å²) in [6, 6.07) is 6.57. The molecule has 0 aromatic heterocycles. The molecule has 108 valence electrons. The van der Waals surface area contributed by atoms with Crippen molar-refractivity contribution in [2.75, 3.05) is 13.7 Å². The molecule has 1 aromatic rings. The fourth-order valence-electron chi connectivity index (χ4n) is 2.64. The van der Waals surface area contributed by atoms with Gasteiger partial charge in [-0.3, -0.25) is 4.90 Å². The molecule has 0 radical (unpaired) electrons. The van der Waals surface area contributed by atoms with Gasteiger partial charge in [0, 0.05) is 24.2 Å². The first-order valence-electron chi connectivity index (χ1n) is 6.92. The van der Waals surface area contributed by atoms with E-state index in [0.717, 1.165) is 24.7 Å². The quantitative estimate of drug-likeness (QED) is 0.839. The third-order valence-electron chi connectivity index (χ3n) is 3.78. The molecule has 1 fully saturated rings. The van der Waals surface area contributed by atoms with Crippen LogP contribution in [0.5, 0.6) is 5.75 Å². The highest BCUT2D eigenvalue weighted by Gasteiger charge is 2.20. The maximum absolute atomic E-state index is 10.6. The molecule has 2 rings (SSSR count). The summed E-state index contributed by atoms with van der Waals surface area (Å²) in [5.41, 5.74) is 1.99. The van der Waals surface area contributed by atoms with Gasteiger partial charge in [-0.05, 0) is 50.1 Å². The van der Waals surface area contributed by atoms with Crippen molar-refractivity contribution in [1.82, 2.24) is 4.90 Å². The lowest BCUT2D eigenvalue weighted by molar-refractivity contribution is -0.131. The molecule has 0 aliphatic carbocycles. The molecule has 1 saturated heterocycles. The van der Waals surface area contributed by atoms with Gasteiger partial charge in [0.15, 0.2) is 0 Å². The van der Waals surface area contributed by atoms with Gasteiger partial charge in [-0.2, -0.15) is 0 Å². The molecule has 1 N–H and O–H groups in total. The molecule has 1 aliphatic heterocycles. The molecular formula is C16H21NO3. The summed E-state index contributed by atoms with van der Waals surface area (Å²) in [5.74, 6) is -0.258. The topological polar surface area (TPSA) is 49.8 Å². The number of carbonyl (C=O) groups is 1. The summed E-state index contributed by atoms with van der Waals surface area (Å²) in [5, 5.41) is 8.74. The molecule has 20 heavy (non-hydrogen) atoms. The lowest BCUT2D eigenvalue weighted by atomic mass is 10.1. The Morgan fingerprint density at radius 1 is 1.55 bits per heavy atom. The van der Waals surface area contributed by atoms with Gasteiger partial charge >= 0.3 is 5.97 Å². The fraction of sp³-hybridized carbons (Fsp3) is 0.438. The van der Waals surface area contributed by atoms with E-state index in [1.165, 1.54) is 18.4 Å². The van der Waals surface area contributed by atoms with Crippen LogP contribution < -0.4 is 4.74 Å². The number of nitrogens with zero attached hydrogens (tertiary/aromatic N) is 1. The number of likely N-dealkylation sites (tertiary alicyclic amines) is 1. The zero-order chi connectivity index (χ0) is 14.5. The predicted octanol–water partition coefficient (Wildman–Crippen LogP) is 2.78. The average Bonchev–Trinajstić information content (AvgIpc) is 2.82. The summed E-state index contributed by atoms with van der Waals surface area (Å²) in [7, 11) is 1.59. The first kappa shape index (κ1) is 14.6. The molecule has 1 unspecified atom stereocenters. The van der Waals surface area contributed by atoms with Gasteiger partial charge in [0.1, 0.15) is 5.75 Å². The minimum absolute atomic E-state index is 0.620. The summed E-state index contributed by atoms with van der Waals surface area (Å²) >= 11 is 0. The minimum Gasteiger partial charge on any atom is -0.496 e. The highest BCUT2D eigenvalue weighted by Crippen LogP contribution is 2.24. The SMILES string of the molecule is COc1ccc(CN2CCCC2C)cc1C=CC(=O)O. The van der Waals surface area contributed by atoms with Crippen molar-refractivity contribution in [2.24, 2.45) is 0 Å². The highest BCUT2D eigenvalue weighted by molar-refractivity contribution is 5.85. The van der Waals surface area contributed by atoms with Gasteiger partial charge in [-0.25, -0.2) is 4.79 Å². The van der Waals surface area contributed by atoms with Crippen molar-refractivity contribution >= 4 is 12.0 Å². The van der Waals surface area contributed by atoms with Gasteiger partial charge in [-0.15, -0.1) is 0 Å². The number of carboxylic acids is 1. The summed E-state index contributed by atoms with van der Waals surface area (Å²) in [6.07, 6.45) is 5.23. The van der Waals surface area contributed by atoms with E-state index in [9.17, 15) is 4.79 Å².